The Balaban J connectivity index is 0.00000121. The van der Waals surface area contributed by atoms with Crippen molar-refractivity contribution in [3.63, 3.8) is 0 Å². The number of benzene rings is 1. The summed E-state index contributed by atoms with van der Waals surface area (Å²) < 4.78 is 0. The number of hydrogen-bond acceptors (Lipinski definition) is 3. The van der Waals surface area contributed by atoms with Gasteiger partial charge in [0.2, 0.25) is 0 Å². The Labute approximate surface area is 102 Å². The monoisotopic (exact) mass is 236 g/mol. The van der Waals surface area contributed by atoms with Crippen LogP contribution in [0, 0.1) is 0 Å². The van der Waals surface area contributed by atoms with E-state index < -0.39 is 6.04 Å². The maximum absolute atomic E-state index is 11.0. The molecule has 17 heavy (non-hydrogen) atoms. The zero-order valence-electron chi connectivity index (χ0n) is 10.5. The van der Waals surface area contributed by atoms with Gasteiger partial charge >= 0.3 is 0 Å². The topological polar surface area (TPSA) is 107 Å². The van der Waals surface area contributed by atoms with E-state index in [-0.39, 0.29) is 11.7 Å². The van der Waals surface area contributed by atoms with Crippen molar-refractivity contribution in [2.75, 3.05) is 0 Å². The van der Waals surface area contributed by atoms with Crippen LogP contribution in [0.2, 0.25) is 0 Å². The van der Waals surface area contributed by atoms with Crippen LogP contribution in [0.5, 0.6) is 0 Å². The Morgan fingerprint density at radius 2 is 1.65 bits per heavy atom. The molecule has 0 heterocycles. The van der Waals surface area contributed by atoms with Crippen LogP contribution in [0.4, 0.5) is 5.69 Å². The van der Waals surface area contributed by atoms with Crippen LogP contribution in [0.15, 0.2) is 29.3 Å². The molecule has 0 aliphatic carbocycles. The van der Waals surface area contributed by atoms with Crippen LogP contribution in [0.1, 0.15) is 32.4 Å². The molecule has 1 aromatic carbocycles. The van der Waals surface area contributed by atoms with Gasteiger partial charge < -0.3 is 17.2 Å². The molecule has 1 atom stereocenters. The lowest BCUT2D eigenvalue weighted by Gasteiger charge is -2.07. The van der Waals surface area contributed by atoms with E-state index in [0.29, 0.717) is 5.69 Å². The van der Waals surface area contributed by atoms with Gasteiger partial charge in [0.25, 0.3) is 0 Å². The highest BCUT2D eigenvalue weighted by Crippen LogP contribution is 2.17. The molecular formula is C12H20N4O. The van der Waals surface area contributed by atoms with Crippen molar-refractivity contribution in [3.05, 3.63) is 29.8 Å². The van der Waals surface area contributed by atoms with Crippen molar-refractivity contribution in [1.82, 2.24) is 0 Å². The summed E-state index contributed by atoms with van der Waals surface area (Å²) in [6, 6.07) is 6.29. The van der Waals surface area contributed by atoms with Crippen LogP contribution in [-0.4, -0.2) is 11.7 Å². The summed E-state index contributed by atoms with van der Waals surface area (Å²) >= 11 is 0. The van der Waals surface area contributed by atoms with E-state index in [1.807, 2.05) is 13.8 Å². The summed E-state index contributed by atoms with van der Waals surface area (Å²) in [5.41, 5.74) is 17.5. The second-order valence-electron chi connectivity index (χ2n) is 3.22. The van der Waals surface area contributed by atoms with E-state index in [0.717, 1.165) is 5.56 Å². The summed E-state index contributed by atoms with van der Waals surface area (Å²) in [5.74, 6) is -0.0804. The largest absolute Gasteiger partial charge is 0.370 e. The van der Waals surface area contributed by atoms with Crippen molar-refractivity contribution in [3.8, 4) is 0 Å². The van der Waals surface area contributed by atoms with Crippen LogP contribution in [0.25, 0.3) is 0 Å². The first-order valence-electron chi connectivity index (χ1n) is 5.46. The van der Waals surface area contributed by atoms with Gasteiger partial charge in [0, 0.05) is 0 Å². The first kappa shape index (κ1) is 15.1. The molecule has 0 amide bonds. The second-order valence-corrected chi connectivity index (χ2v) is 3.22. The Hall–Kier alpha value is -1.88. The van der Waals surface area contributed by atoms with Crippen LogP contribution < -0.4 is 17.2 Å². The third-order valence-electron chi connectivity index (χ3n) is 1.95. The summed E-state index contributed by atoms with van der Waals surface area (Å²) in [6.07, 6.45) is 0. The minimum absolute atomic E-state index is 0.00128. The van der Waals surface area contributed by atoms with Crippen molar-refractivity contribution in [2.45, 2.75) is 26.8 Å². The number of nitrogens with two attached hydrogens (primary N) is 3. The van der Waals surface area contributed by atoms with E-state index in [1.54, 1.807) is 24.3 Å². The molecule has 5 heteroatoms. The van der Waals surface area contributed by atoms with E-state index in [1.165, 1.54) is 6.92 Å². The zero-order valence-corrected chi connectivity index (χ0v) is 10.5. The lowest BCUT2D eigenvalue weighted by Crippen LogP contribution is -2.22. The van der Waals surface area contributed by atoms with Gasteiger partial charge in [-0.1, -0.05) is 26.0 Å². The summed E-state index contributed by atoms with van der Waals surface area (Å²) in [6.45, 7) is 5.45. The number of ketones is 1. The van der Waals surface area contributed by atoms with Gasteiger partial charge in [0.1, 0.15) is 0 Å². The van der Waals surface area contributed by atoms with Gasteiger partial charge in [-0.3, -0.25) is 4.79 Å². The highest BCUT2D eigenvalue weighted by Gasteiger charge is 2.09. The quantitative estimate of drug-likeness (QED) is 0.541. The molecule has 5 nitrogen and oxygen atoms in total. The summed E-state index contributed by atoms with van der Waals surface area (Å²) in [7, 11) is 0. The third kappa shape index (κ3) is 5.12. The van der Waals surface area contributed by atoms with Gasteiger partial charge in [0.15, 0.2) is 11.7 Å². The van der Waals surface area contributed by atoms with E-state index >= 15 is 0 Å². The van der Waals surface area contributed by atoms with Gasteiger partial charge in [0.05, 0.1) is 11.7 Å². The fourth-order valence-corrected chi connectivity index (χ4v) is 1.14. The highest BCUT2D eigenvalue weighted by molar-refractivity contribution is 5.83. The molecule has 0 bridgehead atoms. The third-order valence-corrected chi connectivity index (χ3v) is 1.95. The molecule has 0 saturated carbocycles. The van der Waals surface area contributed by atoms with Crippen LogP contribution in [-0.2, 0) is 4.79 Å². The lowest BCUT2D eigenvalue weighted by molar-refractivity contribution is -0.118. The minimum atomic E-state index is -0.585. The normalized spacial score (nSPS) is 10.8. The van der Waals surface area contributed by atoms with Gasteiger partial charge in [-0.15, -0.1) is 0 Å². The van der Waals surface area contributed by atoms with Gasteiger partial charge in [-0.25, -0.2) is 4.99 Å². The molecule has 0 radical (unpaired) electrons. The van der Waals surface area contributed by atoms with E-state index in [4.69, 9.17) is 17.2 Å². The number of carbonyl (C=O) groups is 1. The predicted molar refractivity (Wildman–Crippen MR) is 70.9 cm³/mol. The zero-order chi connectivity index (χ0) is 13.4. The average molecular weight is 236 g/mol. The number of Topliss-reactive ketones (excluding diaryl/α,β-unsaturated/α-hetero) is 1. The number of rotatable bonds is 3. The smallest absolute Gasteiger partial charge is 0.191 e. The average Bonchev–Trinajstić information content (AvgIpc) is 2.31. The SMILES string of the molecule is CC.CC(=O)C(N)c1ccc(N=C(N)N)cc1. The standard InChI is InChI=1S/C10H14N4O.C2H6/c1-6(15)9(11)7-2-4-8(5-3-7)14-10(12)13;1-2/h2-5,9H,11H2,1H3,(H4,12,13,14);1-2H3. The van der Waals surface area contributed by atoms with Crippen LogP contribution in [0.3, 0.4) is 0 Å². The second kappa shape index (κ2) is 7.40. The molecule has 0 spiro atoms. The maximum atomic E-state index is 11.0. The molecule has 0 saturated heterocycles. The fourth-order valence-electron chi connectivity index (χ4n) is 1.14. The Morgan fingerprint density at radius 1 is 1.18 bits per heavy atom. The summed E-state index contributed by atoms with van der Waals surface area (Å²) in [5, 5.41) is 0. The van der Waals surface area contributed by atoms with Crippen molar-refractivity contribution < 1.29 is 4.79 Å². The van der Waals surface area contributed by atoms with Gasteiger partial charge in [-0.05, 0) is 24.6 Å². The van der Waals surface area contributed by atoms with Crippen LogP contribution >= 0.6 is 0 Å². The fraction of sp³-hybridized carbons (Fsp3) is 0.333. The number of aliphatic imine (C=N–C) groups is 1. The van der Waals surface area contributed by atoms with Gasteiger partial charge in [-0.2, -0.15) is 0 Å². The molecule has 1 aromatic rings. The number of carbonyl (C=O) groups excluding carboxylic acids is 1. The van der Waals surface area contributed by atoms with Crippen molar-refractivity contribution >= 4 is 17.4 Å². The maximum Gasteiger partial charge on any atom is 0.191 e. The molecule has 0 aromatic heterocycles. The molecule has 1 rings (SSSR count). The number of nitrogens with zero attached hydrogens (tertiary/aromatic N) is 1. The van der Waals surface area contributed by atoms with E-state index in [2.05, 4.69) is 4.99 Å². The molecule has 0 aliphatic rings. The van der Waals surface area contributed by atoms with Crippen molar-refractivity contribution in [1.29, 1.82) is 0 Å². The Kier molecular flexibility index (Phi) is 6.58. The molecule has 94 valence electrons. The predicted octanol–water partition coefficient (Wildman–Crippen LogP) is 1.21. The highest BCUT2D eigenvalue weighted by atomic mass is 16.1. The molecular weight excluding hydrogens is 216 g/mol. The molecule has 1 unspecified atom stereocenters. The summed E-state index contributed by atoms with van der Waals surface area (Å²) in [4.78, 5) is 14.9. The number of guanidine groups is 1. The Bertz CT molecular complexity index is 380. The Morgan fingerprint density at radius 3 is 2.00 bits per heavy atom. The minimum Gasteiger partial charge on any atom is -0.370 e. The first-order valence-corrected chi connectivity index (χ1v) is 5.46. The molecule has 0 fully saturated rings. The lowest BCUT2D eigenvalue weighted by atomic mass is 10.0. The molecule has 6 N–H and O–H groups in total. The molecule has 0 aliphatic heterocycles. The number of hydrogen-bond donors (Lipinski definition) is 3. The van der Waals surface area contributed by atoms with Crippen molar-refractivity contribution in [2.24, 2.45) is 22.2 Å². The first-order chi connectivity index (χ1) is 8.00. The van der Waals surface area contributed by atoms with E-state index in [9.17, 15) is 4.79 Å².